The number of rotatable bonds is 11. The summed E-state index contributed by atoms with van der Waals surface area (Å²) in [6.07, 6.45) is 2.43. The lowest BCUT2D eigenvalue weighted by Gasteiger charge is -2.19. The van der Waals surface area contributed by atoms with Gasteiger partial charge in [0.25, 0.3) is 0 Å². The lowest BCUT2D eigenvalue weighted by molar-refractivity contribution is -0.140. The van der Waals surface area contributed by atoms with E-state index in [1.54, 1.807) is 24.5 Å². The molecule has 0 unspecified atom stereocenters. The number of fused-ring (bicyclic) bond motifs is 2. The normalized spacial score (nSPS) is 12.5. The first-order valence-electron chi connectivity index (χ1n) is 14.9. The van der Waals surface area contributed by atoms with Gasteiger partial charge in [-0.3, -0.25) is 4.79 Å². The van der Waals surface area contributed by atoms with Crippen molar-refractivity contribution in [3.05, 3.63) is 121 Å². The molecule has 1 aliphatic rings. The van der Waals surface area contributed by atoms with E-state index in [-0.39, 0.29) is 31.2 Å². The van der Waals surface area contributed by atoms with E-state index in [0.29, 0.717) is 47.2 Å². The van der Waals surface area contributed by atoms with Gasteiger partial charge in [0.05, 0.1) is 26.4 Å². The van der Waals surface area contributed by atoms with Gasteiger partial charge in [-0.2, -0.15) is 9.97 Å². The fourth-order valence-corrected chi connectivity index (χ4v) is 5.41. The maximum atomic E-state index is 12.4. The van der Waals surface area contributed by atoms with Crippen LogP contribution in [0.1, 0.15) is 17.5 Å². The highest BCUT2D eigenvalue weighted by molar-refractivity contribution is 5.84. The molecule has 0 fully saturated rings. The van der Waals surface area contributed by atoms with Crippen LogP contribution < -0.4 is 19.5 Å². The fourth-order valence-electron chi connectivity index (χ4n) is 5.41. The van der Waals surface area contributed by atoms with Crippen molar-refractivity contribution >= 4 is 23.0 Å². The summed E-state index contributed by atoms with van der Waals surface area (Å²) >= 11 is 0. The first-order chi connectivity index (χ1) is 22.6. The zero-order valence-electron chi connectivity index (χ0n) is 25.1. The molecule has 0 saturated carbocycles. The molecule has 230 valence electrons. The van der Waals surface area contributed by atoms with E-state index in [9.17, 15) is 4.79 Å². The van der Waals surface area contributed by atoms with E-state index >= 15 is 0 Å². The van der Waals surface area contributed by atoms with E-state index in [0.717, 1.165) is 22.3 Å². The molecule has 0 radical (unpaired) electrons. The summed E-state index contributed by atoms with van der Waals surface area (Å²) in [5.41, 5.74) is 5.59. The highest BCUT2D eigenvalue weighted by atomic mass is 16.7. The molecular weight excluding hydrogens is 582 g/mol. The maximum absolute atomic E-state index is 12.4. The van der Waals surface area contributed by atoms with Gasteiger partial charge in [-0.1, -0.05) is 84.9 Å². The lowest BCUT2D eigenvalue weighted by Crippen LogP contribution is -2.27. The second-order valence-corrected chi connectivity index (χ2v) is 10.9. The molecule has 6 aromatic rings. The number of imidazole rings is 1. The Morgan fingerprint density at radius 3 is 2.39 bits per heavy atom. The Labute approximate surface area is 265 Å². The third-order valence-corrected chi connectivity index (χ3v) is 7.72. The van der Waals surface area contributed by atoms with E-state index in [2.05, 4.69) is 41.7 Å². The van der Waals surface area contributed by atoms with E-state index < -0.39 is 0 Å². The number of methoxy groups -OCH3 is 1. The molecule has 0 bridgehead atoms. The van der Waals surface area contributed by atoms with Crippen molar-refractivity contribution in [2.24, 2.45) is 0 Å². The number of ether oxygens (including phenoxy) is 4. The first-order valence-corrected chi connectivity index (χ1v) is 14.9. The number of carbonyl (C=O) groups excluding carboxylic acids is 1. The van der Waals surface area contributed by atoms with Gasteiger partial charge >= 0.3 is 12.0 Å². The zero-order valence-corrected chi connectivity index (χ0v) is 25.1. The summed E-state index contributed by atoms with van der Waals surface area (Å²) in [5.74, 6) is 1.84. The predicted molar refractivity (Wildman–Crippen MR) is 173 cm³/mol. The molecule has 2 aromatic heterocycles. The van der Waals surface area contributed by atoms with Crippen LogP contribution in [0.3, 0.4) is 0 Å². The standard InChI is InChI=1S/C36H31N5O5/c1-43-32(42)19-28(18-24-8-4-2-5-9-24)38-34-33-35(40-36(39-34)46-29-16-17-30-31(20-29)45-23-44-30)41(22-37-33)21-25-12-14-27(15-13-25)26-10-6-3-7-11-26/h2-17,20,22,28H,18-19,21,23H2,1H3,(H,38,39,40)/t28-/m0/s1. The average molecular weight is 614 g/mol. The lowest BCUT2D eigenvalue weighted by atomic mass is 10.0. The molecular formula is C36H31N5O5. The molecule has 1 atom stereocenters. The summed E-state index contributed by atoms with van der Waals surface area (Å²) in [6.45, 7) is 0.685. The molecule has 3 heterocycles. The largest absolute Gasteiger partial charge is 0.469 e. The minimum atomic E-state index is -0.333. The van der Waals surface area contributed by atoms with Crippen molar-refractivity contribution in [1.82, 2.24) is 19.5 Å². The molecule has 10 nitrogen and oxygen atoms in total. The van der Waals surface area contributed by atoms with Gasteiger partial charge < -0.3 is 28.8 Å². The van der Waals surface area contributed by atoms with Crippen LogP contribution in [-0.4, -0.2) is 45.4 Å². The van der Waals surface area contributed by atoms with Gasteiger partial charge in [0, 0.05) is 12.1 Å². The van der Waals surface area contributed by atoms with Crippen LogP contribution in [0.25, 0.3) is 22.3 Å². The van der Waals surface area contributed by atoms with Crippen molar-refractivity contribution < 1.29 is 23.7 Å². The van der Waals surface area contributed by atoms with E-state index in [1.807, 2.05) is 53.1 Å². The second kappa shape index (κ2) is 13.0. The average Bonchev–Trinajstić information content (AvgIpc) is 3.73. The Hall–Kier alpha value is -5.90. The summed E-state index contributed by atoms with van der Waals surface area (Å²) < 4.78 is 24.1. The van der Waals surface area contributed by atoms with Gasteiger partial charge in [-0.05, 0) is 40.8 Å². The number of hydrogen-bond acceptors (Lipinski definition) is 9. The van der Waals surface area contributed by atoms with Gasteiger partial charge in [0.15, 0.2) is 28.5 Å². The molecule has 0 aliphatic carbocycles. The third kappa shape index (κ3) is 6.46. The molecule has 1 N–H and O–H groups in total. The molecule has 4 aromatic carbocycles. The molecule has 46 heavy (non-hydrogen) atoms. The number of nitrogens with zero attached hydrogens (tertiary/aromatic N) is 4. The van der Waals surface area contributed by atoms with Crippen LogP contribution in [0.15, 0.2) is 109 Å². The van der Waals surface area contributed by atoms with Crippen LogP contribution in [0.2, 0.25) is 0 Å². The Morgan fingerprint density at radius 2 is 1.61 bits per heavy atom. The van der Waals surface area contributed by atoms with Gasteiger partial charge in [0.2, 0.25) is 6.79 Å². The Balaban J connectivity index is 1.23. The van der Waals surface area contributed by atoms with Crippen molar-refractivity contribution in [3.8, 4) is 34.4 Å². The zero-order chi connectivity index (χ0) is 31.3. The highest BCUT2D eigenvalue weighted by Crippen LogP contribution is 2.36. The number of aromatic nitrogens is 4. The number of carbonyl (C=O) groups is 1. The van der Waals surface area contributed by atoms with Crippen LogP contribution in [0.5, 0.6) is 23.3 Å². The van der Waals surface area contributed by atoms with Gasteiger partial charge in [-0.15, -0.1) is 0 Å². The first kappa shape index (κ1) is 28.8. The number of esters is 1. The number of nitrogens with one attached hydrogen (secondary N) is 1. The summed E-state index contributed by atoms with van der Waals surface area (Å²) in [7, 11) is 1.39. The Morgan fingerprint density at radius 1 is 0.870 bits per heavy atom. The third-order valence-electron chi connectivity index (χ3n) is 7.72. The van der Waals surface area contributed by atoms with E-state index in [1.165, 1.54) is 7.11 Å². The second-order valence-electron chi connectivity index (χ2n) is 10.9. The summed E-state index contributed by atoms with van der Waals surface area (Å²) in [4.78, 5) is 26.6. The molecule has 7 rings (SSSR count). The van der Waals surface area contributed by atoms with E-state index in [4.69, 9.17) is 33.9 Å². The van der Waals surface area contributed by atoms with Crippen molar-refractivity contribution in [2.75, 3.05) is 19.2 Å². The molecule has 0 saturated heterocycles. The van der Waals surface area contributed by atoms with Crippen molar-refractivity contribution in [3.63, 3.8) is 0 Å². The van der Waals surface area contributed by atoms with Crippen LogP contribution >= 0.6 is 0 Å². The number of anilines is 1. The topological polar surface area (TPSA) is 110 Å². The number of hydrogen-bond donors (Lipinski definition) is 1. The number of benzene rings is 4. The quantitative estimate of drug-likeness (QED) is 0.161. The van der Waals surface area contributed by atoms with Crippen LogP contribution in [0.4, 0.5) is 5.82 Å². The minimum Gasteiger partial charge on any atom is -0.469 e. The monoisotopic (exact) mass is 613 g/mol. The van der Waals surface area contributed by atoms with Crippen LogP contribution in [-0.2, 0) is 22.5 Å². The minimum absolute atomic E-state index is 0.117. The smallest absolute Gasteiger partial charge is 0.326 e. The molecule has 1 aliphatic heterocycles. The van der Waals surface area contributed by atoms with Crippen molar-refractivity contribution in [1.29, 1.82) is 0 Å². The Kier molecular flexibility index (Phi) is 8.15. The summed E-state index contributed by atoms with van der Waals surface area (Å²) in [5, 5.41) is 3.45. The molecule has 10 heteroatoms. The summed E-state index contributed by atoms with van der Waals surface area (Å²) in [6, 6.07) is 33.7. The van der Waals surface area contributed by atoms with Gasteiger partial charge in [0.1, 0.15) is 5.75 Å². The van der Waals surface area contributed by atoms with Crippen molar-refractivity contribution in [2.45, 2.75) is 25.4 Å². The SMILES string of the molecule is COC(=O)C[C@H](Cc1ccccc1)Nc1nc(Oc2ccc3c(c2)OCO3)nc2c1ncn2Cc1ccc(-c2ccccc2)cc1. The van der Waals surface area contributed by atoms with Crippen LogP contribution in [0, 0.1) is 0 Å². The maximum Gasteiger partial charge on any atom is 0.326 e. The molecule has 0 spiro atoms. The molecule has 0 amide bonds. The predicted octanol–water partition coefficient (Wildman–Crippen LogP) is 6.65. The highest BCUT2D eigenvalue weighted by Gasteiger charge is 2.22. The van der Waals surface area contributed by atoms with Gasteiger partial charge in [-0.25, -0.2) is 4.98 Å². The Bertz CT molecular complexity index is 1960. The fraction of sp³-hybridized carbons (Fsp3) is 0.167.